The predicted octanol–water partition coefficient (Wildman–Crippen LogP) is 3.15. The van der Waals surface area contributed by atoms with Crippen LogP contribution in [0.25, 0.3) is 0 Å². The number of imide groups is 1. The summed E-state index contributed by atoms with van der Waals surface area (Å²) in [5.74, 6) is -1.78. The second-order valence-electron chi connectivity index (χ2n) is 7.94. The lowest BCUT2D eigenvalue weighted by molar-refractivity contribution is -0.122. The molecule has 1 aliphatic heterocycles. The first-order valence-corrected chi connectivity index (χ1v) is 10.7. The van der Waals surface area contributed by atoms with Crippen LogP contribution >= 0.6 is 0 Å². The van der Waals surface area contributed by atoms with Crippen molar-refractivity contribution in [3.63, 3.8) is 0 Å². The molecule has 0 radical (unpaired) electrons. The summed E-state index contributed by atoms with van der Waals surface area (Å²) >= 11 is 0. The highest BCUT2D eigenvalue weighted by atomic mass is 16.5. The second-order valence-corrected chi connectivity index (χ2v) is 7.94. The number of hydrogen-bond acceptors (Lipinski definition) is 6. The van der Waals surface area contributed by atoms with Gasteiger partial charge in [0.05, 0.1) is 24.8 Å². The van der Waals surface area contributed by atoms with Crippen molar-refractivity contribution < 1.29 is 23.9 Å². The zero-order valence-corrected chi connectivity index (χ0v) is 18.8. The van der Waals surface area contributed by atoms with Gasteiger partial charge in [-0.25, -0.2) is 9.69 Å². The van der Waals surface area contributed by atoms with Crippen molar-refractivity contribution in [2.24, 2.45) is 0 Å². The van der Waals surface area contributed by atoms with Crippen LogP contribution in [-0.4, -0.2) is 46.7 Å². The summed E-state index contributed by atoms with van der Waals surface area (Å²) in [6, 6.07) is 15.7. The number of carbonyl (C=O) groups excluding carboxylic acids is 4. The molecule has 172 valence electrons. The summed E-state index contributed by atoms with van der Waals surface area (Å²) in [7, 11) is 1.27. The molecule has 34 heavy (non-hydrogen) atoms. The van der Waals surface area contributed by atoms with Gasteiger partial charge in [0.25, 0.3) is 11.8 Å². The topological polar surface area (TPSA) is 96.9 Å². The molecule has 1 unspecified atom stereocenters. The van der Waals surface area contributed by atoms with Gasteiger partial charge in [0.1, 0.15) is 6.04 Å². The second kappa shape index (κ2) is 9.66. The molecule has 1 atom stereocenters. The molecule has 4 rings (SSSR count). The SMILES string of the molecule is COC(=O)c1ccc(N2C(=O)CC(N(Cc3cccnc3)C(=O)c3ccccc3C)C2=O)cc1. The molecule has 8 nitrogen and oxygen atoms in total. The number of anilines is 1. The summed E-state index contributed by atoms with van der Waals surface area (Å²) in [6.07, 6.45) is 3.11. The minimum absolute atomic E-state index is 0.125. The lowest BCUT2D eigenvalue weighted by atomic mass is 10.1. The first-order chi connectivity index (χ1) is 16.4. The highest BCUT2D eigenvalue weighted by Gasteiger charge is 2.44. The third-order valence-electron chi connectivity index (χ3n) is 5.76. The number of amides is 3. The molecular formula is C26H23N3O5. The fraction of sp³-hybridized carbons (Fsp3) is 0.192. The number of ether oxygens (including phenoxy) is 1. The Labute approximate surface area is 196 Å². The van der Waals surface area contributed by atoms with Gasteiger partial charge in [-0.15, -0.1) is 0 Å². The number of aryl methyl sites for hydroxylation is 1. The van der Waals surface area contributed by atoms with E-state index in [1.165, 1.54) is 36.3 Å². The molecule has 1 saturated heterocycles. The predicted molar refractivity (Wildman–Crippen MR) is 124 cm³/mol. The molecule has 0 saturated carbocycles. The zero-order valence-electron chi connectivity index (χ0n) is 18.8. The fourth-order valence-electron chi connectivity index (χ4n) is 3.97. The number of esters is 1. The van der Waals surface area contributed by atoms with Crippen LogP contribution in [0.4, 0.5) is 5.69 Å². The lowest BCUT2D eigenvalue weighted by Gasteiger charge is -2.28. The standard InChI is InChI=1S/C26H23N3O5/c1-17-6-3-4-8-21(17)24(31)28(16-18-7-5-13-27-15-18)22-14-23(30)29(25(22)32)20-11-9-19(10-12-20)26(33)34-2/h3-13,15,22H,14,16H2,1-2H3. The monoisotopic (exact) mass is 457 g/mol. The van der Waals surface area contributed by atoms with Gasteiger partial charge in [-0.2, -0.15) is 0 Å². The van der Waals surface area contributed by atoms with Gasteiger partial charge in [-0.1, -0.05) is 24.3 Å². The number of aromatic nitrogens is 1. The van der Waals surface area contributed by atoms with E-state index in [1.54, 1.807) is 30.6 Å². The Kier molecular flexibility index (Phi) is 6.49. The maximum Gasteiger partial charge on any atom is 0.337 e. The van der Waals surface area contributed by atoms with E-state index in [0.29, 0.717) is 16.8 Å². The Morgan fingerprint density at radius 3 is 2.44 bits per heavy atom. The summed E-state index contributed by atoms with van der Waals surface area (Å²) in [4.78, 5) is 58.2. The molecule has 0 aliphatic carbocycles. The summed E-state index contributed by atoms with van der Waals surface area (Å²) < 4.78 is 4.69. The van der Waals surface area contributed by atoms with Crippen LogP contribution in [0.1, 0.15) is 38.3 Å². The van der Waals surface area contributed by atoms with Gasteiger partial charge < -0.3 is 9.64 Å². The van der Waals surface area contributed by atoms with E-state index in [1.807, 2.05) is 25.1 Å². The maximum absolute atomic E-state index is 13.6. The third-order valence-corrected chi connectivity index (χ3v) is 5.76. The highest BCUT2D eigenvalue weighted by Crippen LogP contribution is 2.28. The average molecular weight is 457 g/mol. The van der Waals surface area contributed by atoms with Gasteiger partial charge in [-0.3, -0.25) is 19.4 Å². The van der Waals surface area contributed by atoms with E-state index in [9.17, 15) is 19.2 Å². The molecule has 0 N–H and O–H groups in total. The van der Waals surface area contributed by atoms with Gasteiger partial charge in [-0.05, 0) is 54.4 Å². The number of benzene rings is 2. The number of methoxy groups -OCH3 is 1. The van der Waals surface area contributed by atoms with Crippen LogP contribution in [0.3, 0.4) is 0 Å². The summed E-state index contributed by atoms with van der Waals surface area (Å²) in [5, 5.41) is 0. The Bertz CT molecular complexity index is 1240. The van der Waals surface area contributed by atoms with Crippen molar-refractivity contribution >= 4 is 29.4 Å². The van der Waals surface area contributed by atoms with Crippen molar-refractivity contribution in [3.05, 3.63) is 95.3 Å². The van der Waals surface area contributed by atoms with E-state index in [4.69, 9.17) is 4.74 Å². The average Bonchev–Trinajstić information content (AvgIpc) is 3.16. The van der Waals surface area contributed by atoms with Crippen LogP contribution in [-0.2, 0) is 20.9 Å². The van der Waals surface area contributed by atoms with Crippen molar-refractivity contribution in [3.8, 4) is 0 Å². The molecule has 1 fully saturated rings. The Morgan fingerprint density at radius 1 is 1.06 bits per heavy atom. The van der Waals surface area contributed by atoms with Gasteiger partial charge in [0, 0.05) is 24.5 Å². The summed E-state index contributed by atoms with van der Waals surface area (Å²) in [5.41, 5.74) is 2.61. The molecule has 0 bridgehead atoms. The van der Waals surface area contributed by atoms with Crippen molar-refractivity contribution in [2.75, 3.05) is 12.0 Å². The molecule has 0 spiro atoms. The molecule has 1 aromatic heterocycles. The van der Waals surface area contributed by atoms with Crippen LogP contribution in [0.5, 0.6) is 0 Å². The molecule has 8 heteroatoms. The normalized spacial score (nSPS) is 15.4. The van der Waals surface area contributed by atoms with Gasteiger partial charge in [0.15, 0.2) is 0 Å². The van der Waals surface area contributed by atoms with E-state index in [-0.39, 0.29) is 18.9 Å². The Morgan fingerprint density at radius 2 is 1.79 bits per heavy atom. The molecule has 3 aromatic rings. The van der Waals surface area contributed by atoms with Crippen molar-refractivity contribution in [1.29, 1.82) is 0 Å². The van der Waals surface area contributed by atoms with Gasteiger partial charge in [0.2, 0.25) is 5.91 Å². The molecule has 1 aliphatic rings. The number of rotatable bonds is 6. The molecule has 3 amide bonds. The molecule has 2 aromatic carbocycles. The largest absolute Gasteiger partial charge is 0.465 e. The van der Waals surface area contributed by atoms with E-state index in [0.717, 1.165) is 16.0 Å². The van der Waals surface area contributed by atoms with Crippen LogP contribution in [0.15, 0.2) is 73.1 Å². The number of carbonyl (C=O) groups is 4. The third kappa shape index (κ3) is 4.43. The van der Waals surface area contributed by atoms with E-state index >= 15 is 0 Å². The number of pyridine rings is 1. The van der Waals surface area contributed by atoms with E-state index < -0.39 is 23.8 Å². The Hall–Kier alpha value is -4.33. The lowest BCUT2D eigenvalue weighted by Crippen LogP contribution is -2.45. The molecule has 2 heterocycles. The fourth-order valence-corrected chi connectivity index (χ4v) is 3.97. The van der Waals surface area contributed by atoms with E-state index in [2.05, 4.69) is 4.98 Å². The zero-order chi connectivity index (χ0) is 24.2. The maximum atomic E-state index is 13.6. The van der Waals surface area contributed by atoms with Crippen LogP contribution in [0.2, 0.25) is 0 Å². The number of nitrogens with zero attached hydrogens (tertiary/aromatic N) is 3. The first-order valence-electron chi connectivity index (χ1n) is 10.7. The Balaban J connectivity index is 1.67. The van der Waals surface area contributed by atoms with Gasteiger partial charge >= 0.3 is 5.97 Å². The van der Waals surface area contributed by atoms with Crippen LogP contribution < -0.4 is 4.90 Å². The summed E-state index contributed by atoms with van der Waals surface area (Å²) in [6.45, 7) is 1.95. The first kappa shape index (κ1) is 22.8. The minimum Gasteiger partial charge on any atom is -0.465 e. The quantitative estimate of drug-likeness (QED) is 0.417. The van der Waals surface area contributed by atoms with Crippen LogP contribution in [0, 0.1) is 6.92 Å². The molecular weight excluding hydrogens is 434 g/mol. The smallest absolute Gasteiger partial charge is 0.337 e. The minimum atomic E-state index is -0.972. The number of hydrogen-bond donors (Lipinski definition) is 0. The van der Waals surface area contributed by atoms with Crippen molar-refractivity contribution in [1.82, 2.24) is 9.88 Å². The van der Waals surface area contributed by atoms with Crippen molar-refractivity contribution in [2.45, 2.75) is 25.9 Å². The highest BCUT2D eigenvalue weighted by molar-refractivity contribution is 6.23.